The summed E-state index contributed by atoms with van der Waals surface area (Å²) in [6, 6.07) is 9.07. The van der Waals surface area contributed by atoms with Gasteiger partial charge in [-0.3, -0.25) is 0 Å². The molecule has 0 amide bonds. The van der Waals surface area contributed by atoms with E-state index in [0.717, 1.165) is 5.56 Å². The Morgan fingerprint density at radius 1 is 1.12 bits per heavy atom. The topological polar surface area (TPSA) is 54.9 Å². The van der Waals surface area contributed by atoms with Crippen LogP contribution in [0, 0.1) is 11.6 Å². The van der Waals surface area contributed by atoms with E-state index in [2.05, 4.69) is 15.6 Å². The Labute approximate surface area is 151 Å². The van der Waals surface area contributed by atoms with Crippen molar-refractivity contribution in [1.82, 2.24) is 10.6 Å². The largest absolute Gasteiger partial charge is 0.467 e. The van der Waals surface area contributed by atoms with Crippen molar-refractivity contribution in [3.05, 3.63) is 64.7 Å². The van der Waals surface area contributed by atoms with Crippen molar-refractivity contribution >= 4 is 5.96 Å². The van der Waals surface area contributed by atoms with Gasteiger partial charge >= 0.3 is 0 Å². The molecule has 1 aliphatic heterocycles. The standard InChI is InChI=1S/C19H21F2N3O2/c1-2-22-19(23-9-13-3-5-16(20)6-4-13)24-10-14-7-17(21)8-15-11-25-12-26-18(14)15/h3-8H,2,9-12H2,1H3,(H2,22,23,24). The zero-order valence-corrected chi connectivity index (χ0v) is 14.5. The van der Waals surface area contributed by atoms with Gasteiger partial charge in [0.05, 0.1) is 13.2 Å². The minimum atomic E-state index is -0.331. The summed E-state index contributed by atoms with van der Waals surface area (Å²) in [6.45, 7) is 3.89. The first-order valence-corrected chi connectivity index (χ1v) is 8.44. The van der Waals surface area contributed by atoms with Crippen LogP contribution in [0.5, 0.6) is 5.75 Å². The van der Waals surface area contributed by atoms with E-state index in [1.54, 1.807) is 12.1 Å². The van der Waals surface area contributed by atoms with E-state index < -0.39 is 0 Å². The number of halogens is 2. The highest BCUT2D eigenvalue weighted by Gasteiger charge is 2.17. The number of fused-ring (bicyclic) bond motifs is 1. The van der Waals surface area contributed by atoms with Crippen LogP contribution < -0.4 is 15.4 Å². The normalized spacial score (nSPS) is 13.7. The van der Waals surface area contributed by atoms with Crippen molar-refractivity contribution in [3.63, 3.8) is 0 Å². The molecule has 5 nitrogen and oxygen atoms in total. The van der Waals surface area contributed by atoms with Crippen LogP contribution in [0.3, 0.4) is 0 Å². The molecule has 0 aliphatic carbocycles. The maximum atomic E-state index is 13.8. The third-order valence-electron chi connectivity index (χ3n) is 3.88. The van der Waals surface area contributed by atoms with Crippen LogP contribution in [0.25, 0.3) is 0 Å². The maximum absolute atomic E-state index is 13.8. The van der Waals surface area contributed by atoms with Crippen LogP contribution in [-0.4, -0.2) is 19.3 Å². The molecule has 3 rings (SSSR count). The van der Waals surface area contributed by atoms with Crippen LogP contribution in [0.15, 0.2) is 41.4 Å². The molecule has 7 heteroatoms. The number of guanidine groups is 1. The van der Waals surface area contributed by atoms with Crippen LogP contribution in [0.1, 0.15) is 23.6 Å². The average molecular weight is 361 g/mol. The number of nitrogens with zero attached hydrogens (tertiary/aromatic N) is 1. The summed E-state index contributed by atoms with van der Waals surface area (Å²) in [6.07, 6.45) is 0. The molecule has 0 radical (unpaired) electrons. The van der Waals surface area contributed by atoms with E-state index in [-0.39, 0.29) is 18.4 Å². The minimum absolute atomic E-state index is 0.157. The molecule has 0 aromatic heterocycles. The number of nitrogens with one attached hydrogen (secondary N) is 2. The van der Waals surface area contributed by atoms with E-state index in [0.29, 0.717) is 49.1 Å². The SMILES string of the molecule is CCNC(=NCc1ccc(F)cc1)NCc1cc(F)cc2c1OCOC2. The van der Waals surface area contributed by atoms with E-state index >= 15 is 0 Å². The van der Waals surface area contributed by atoms with E-state index in [1.165, 1.54) is 24.3 Å². The molecule has 0 bridgehead atoms. The van der Waals surface area contributed by atoms with Gasteiger partial charge in [-0.1, -0.05) is 12.1 Å². The summed E-state index contributed by atoms with van der Waals surface area (Å²) in [5, 5.41) is 6.31. The molecule has 0 fully saturated rings. The Morgan fingerprint density at radius 3 is 2.69 bits per heavy atom. The Balaban J connectivity index is 1.70. The van der Waals surface area contributed by atoms with Gasteiger partial charge in [-0.05, 0) is 36.8 Å². The van der Waals surface area contributed by atoms with E-state index in [9.17, 15) is 8.78 Å². The maximum Gasteiger partial charge on any atom is 0.191 e. The second kappa shape index (κ2) is 8.62. The molecule has 2 N–H and O–H groups in total. The zero-order chi connectivity index (χ0) is 18.4. The lowest BCUT2D eigenvalue weighted by Gasteiger charge is -2.21. The highest BCUT2D eigenvalue weighted by Crippen LogP contribution is 2.29. The third-order valence-corrected chi connectivity index (χ3v) is 3.88. The zero-order valence-electron chi connectivity index (χ0n) is 14.5. The molecular weight excluding hydrogens is 340 g/mol. The Kier molecular flexibility index (Phi) is 6.01. The number of aliphatic imine (C=N–C) groups is 1. The molecule has 2 aromatic carbocycles. The second-order valence-electron chi connectivity index (χ2n) is 5.84. The smallest absolute Gasteiger partial charge is 0.191 e. The number of rotatable bonds is 5. The highest BCUT2D eigenvalue weighted by molar-refractivity contribution is 5.79. The summed E-state index contributed by atoms with van der Waals surface area (Å²) >= 11 is 0. The summed E-state index contributed by atoms with van der Waals surface area (Å²) in [4.78, 5) is 4.48. The molecule has 138 valence electrons. The first kappa shape index (κ1) is 18.1. The third kappa shape index (κ3) is 4.70. The van der Waals surface area contributed by atoms with Crippen molar-refractivity contribution < 1.29 is 18.3 Å². The number of hydrogen-bond acceptors (Lipinski definition) is 3. The fourth-order valence-electron chi connectivity index (χ4n) is 2.67. The molecule has 1 aliphatic rings. The summed E-state index contributed by atoms with van der Waals surface area (Å²) in [5.74, 6) is 0.631. The number of benzene rings is 2. The van der Waals surface area contributed by atoms with Crippen molar-refractivity contribution in [2.45, 2.75) is 26.6 Å². The van der Waals surface area contributed by atoms with Gasteiger partial charge in [-0.2, -0.15) is 0 Å². The number of ether oxygens (including phenoxy) is 2. The molecule has 26 heavy (non-hydrogen) atoms. The van der Waals surface area contributed by atoms with Crippen molar-refractivity contribution in [2.24, 2.45) is 4.99 Å². The average Bonchev–Trinajstić information content (AvgIpc) is 2.65. The van der Waals surface area contributed by atoms with Crippen molar-refractivity contribution in [1.29, 1.82) is 0 Å². The van der Waals surface area contributed by atoms with E-state index in [4.69, 9.17) is 9.47 Å². The summed E-state index contributed by atoms with van der Waals surface area (Å²) in [5.41, 5.74) is 2.30. The van der Waals surface area contributed by atoms with Crippen LogP contribution in [0.2, 0.25) is 0 Å². The lowest BCUT2D eigenvalue weighted by Crippen LogP contribution is -2.37. The van der Waals surface area contributed by atoms with Gasteiger partial charge in [0.15, 0.2) is 12.8 Å². The van der Waals surface area contributed by atoms with Crippen LogP contribution >= 0.6 is 0 Å². The molecule has 0 saturated carbocycles. The molecule has 0 saturated heterocycles. The fraction of sp³-hybridized carbons (Fsp3) is 0.316. The van der Waals surface area contributed by atoms with Gasteiger partial charge in [0.2, 0.25) is 0 Å². The lowest BCUT2D eigenvalue weighted by molar-refractivity contribution is -0.0172. The van der Waals surface area contributed by atoms with Crippen LogP contribution in [-0.2, 0) is 24.4 Å². The summed E-state index contributed by atoms with van der Waals surface area (Å²) < 4.78 is 37.5. The van der Waals surface area contributed by atoms with Crippen LogP contribution in [0.4, 0.5) is 8.78 Å². The van der Waals surface area contributed by atoms with E-state index in [1.807, 2.05) is 6.92 Å². The quantitative estimate of drug-likeness (QED) is 0.635. The van der Waals surface area contributed by atoms with Gasteiger partial charge in [-0.15, -0.1) is 0 Å². The Bertz CT molecular complexity index is 779. The van der Waals surface area contributed by atoms with Gasteiger partial charge in [0, 0.05) is 24.2 Å². The minimum Gasteiger partial charge on any atom is -0.467 e. The van der Waals surface area contributed by atoms with Gasteiger partial charge in [0.1, 0.15) is 17.4 Å². The monoisotopic (exact) mass is 361 g/mol. The van der Waals surface area contributed by atoms with Crippen molar-refractivity contribution in [3.8, 4) is 5.75 Å². The highest BCUT2D eigenvalue weighted by atomic mass is 19.1. The first-order chi connectivity index (χ1) is 12.7. The molecule has 0 unspecified atom stereocenters. The lowest BCUT2D eigenvalue weighted by atomic mass is 10.1. The predicted molar refractivity (Wildman–Crippen MR) is 94.7 cm³/mol. The van der Waals surface area contributed by atoms with Crippen molar-refractivity contribution in [2.75, 3.05) is 13.3 Å². The molecule has 0 spiro atoms. The van der Waals surface area contributed by atoms with Gasteiger partial charge in [-0.25, -0.2) is 13.8 Å². The molecular formula is C19H21F2N3O2. The molecule has 0 atom stereocenters. The first-order valence-electron chi connectivity index (χ1n) is 8.44. The second-order valence-corrected chi connectivity index (χ2v) is 5.84. The van der Waals surface area contributed by atoms with Gasteiger partial charge in [0.25, 0.3) is 0 Å². The molecule has 2 aromatic rings. The van der Waals surface area contributed by atoms with Gasteiger partial charge < -0.3 is 20.1 Å². The Hall–Kier alpha value is -2.67. The molecule has 1 heterocycles. The predicted octanol–water partition coefficient (Wildman–Crippen LogP) is 3.09. The Morgan fingerprint density at radius 2 is 1.92 bits per heavy atom. The number of hydrogen-bond donors (Lipinski definition) is 2. The fourth-order valence-corrected chi connectivity index (χ4v) is 2.67. The summed E-state index contributed by atoms with van der Waals surface area (Å²) in [7, 11) is 0.